The molecule has 3 amide bonds. The molecule has 2 heterocycles. The maximum absolute atomic E-state index is 12.7. The van der Waals surface area contributed by atoms with E-state index in [1.165, 1.54) is 11.3 Å². The highest BCUT2D eigenvalue weighted by Crippen LogP contribution is 2.29. The lowest BCUT2D eigenvalue weighted by molar-refractivity contribution is 0.0388. The summed E-state index contributed by atoms with van der Waals surface area (Å²) in [6, 6.07) is 10.4. The fourth-order valence-corrected chi connectivity index (χ4v) is 4.56. The molecule has 4 rings (SSSR count). The minimum atomic E-state index is -0.301. The Morgan fingerprint density at radius 2 is 2.00 bits per heavy atom. The molecular weight excluding hydrogens is 450 g/mol. The van der Waals surface area contributed by atoms with Gasteiger partial charge in [0, 0.05) is 31.7 Å². The van der Waals surface area contributed by atoms with Gasteiger partial charge in [0.2, 0.25) is 0 Å². The van der Waals surface area contributed by atoms with Crippen LogP contribution in [0.4, 0.5) is 15.6 Å². The summed E-state index contributed by atoms with van der Waals surface area (Å²) in [5.74, 6) is -0.258. The summed E-state index contributed by atoms with van der Waals surface area (Å²) in [4.78, 5) is 31.6. The number of para-hydroxylation sites is 1. The normalized spacial score (nSPS) is 14.3. The van der Waals surface area contributed by atoms with E-state index in [1.807, 2.05) is 19.1 Å². The van der Waals surface area contributed by atoms with E-state index >= 15 is 0 Å². The maximum Gasteiger partial charge on any atom is 0.321 e. The average molecular weight is 474 g/mol. The Hall–Kier alpha value is -2.72. The molecule has 2 aromatic carbocycles. The van der Waals surface area contributed by atoms with Crippen LogP contribution in [-0.2, 0) is 4.74 Å². The lowest BCUT2D eigenvalue weighted by atomic mass is 10.1. The molecule has 0 bridgehead atoms. The zero-order valence-corrected chi connectivity index (χ0v) is 19.2. The van der Waals surface area contributed by atoms with Crippen LogP contribution >= 0.6 is 22.9 Å². The van der Waals surface area contributed by atoms with E-state index in [-0.39, 0.29) is 11.9 Å². The average Bonchev–Trinajstić information content (AvgIpc) is 3.18. The van der Waals surface area contributed by atoms with Gasteiger partial charge < -0.3 is 15.4 Å². The smallest absolute Gasteiger partial charge is 0.321 e. The molecule has 1 aliphatic heterocycles. The van der Waals surface area contributed by atoms with Crippen LogP contribution in [0.2, 0.25) is 5.02 Å². The van der Waals surface area contributed by atoms with Gasteiger partial charge >= 0.3 is 6.03 Å². The van der Waals surface area contributed by atoms with Crippen molar-refractivity contribution in [3.05, 3.63) is 52.5 Å². The number of carbonyl (C=O) groups excluding carboxylic acids is 2. The number of rotatable bonds is 6. The summed E-state index contributed by atoms with van der Waals surface area (Å²) in [5.41, 5.74) is 2.68. The molecule has 0 unspecified atom stereocenters. The number of ether oxygens (including phenoxy) is 1. The van der Waals surface area contributed by atoms with Crippen molar-refractivity contribution in [1.29, 1.82) is 0 Å². The number of urea groups is 1. The van der Waals surface area contributed by atoms with E-state index in [1.54, 1.807) is 24.3 Å². The number of carbonyl (C=O) groups is 2. The third-order valence-electron chi connectivity index (χ3n) is 5.15. The summed E-state index contributed by atoms with van der Waals surface area (Å²) in [6.45, 7) is 6.44. The second-order valence-electron chi connectivity index (χ2n) is 7.42. The van der Waals surface area contributed by atoms with Crippen molar-refractivity contribution in [2.45, 2.75) is 6.92 Å². The van der Waals surface area contributed by atoms with Crippen LogP contribution < -0.4 is 16.0 Å². The summed E-state index contributed by atoms with van der Waals surface area (Å²) in [5, 5.41) is 9.45. The number of amides is 3. The SMILES string of the molecule is Cc1cccc(Cl)c1NC(=O)c1ccc2nc(NC(=O)NCCN3CCOCC3)sc2c1. The molecule has 1 aliphatic rings. The summed E-state index contributed by atoms with van der Waals surface area (Å²) < 4.78 is 6.12. The first-order valence-electron chi connectivity index (χ1n) is 10.3. The van der Waals surface area contributed by atoms with E-state index in [0.717, 1.165) is 43.1 Å². The molecular formula is C22H24ClN5O3S. The Kier molecular flexibility index (Phi) is 7.21. The monoisotopic (exact) mass is 473 g/mol. The van der Waals surface area contributed by atoms with Crippen molar-refractivity contribution in [3.8, 4) is 0 Å². The fourth-order valence-electron chi connectivity index (χ4n) is 3.39. The number of benzene rings is 2. The Morgan fingerprint density at radius 1 is 1.19 bits per heavy atom. The number of morpholine rings is 1. The molecule has 0 aliphatic carbocycles. The first-order chi connectivity index (χ1) is 15.5. The molecule has 3 N–H and O–H groups in total. The zero-order chi connectivity index (χ0) is 22.5. The predicted molar refractivity (Wildman–Crippen MR) is 128 cm³/mol. The van der Waals surface area contributed by atoms with Crippen LogP contribution in [0, 0.1) is 6.92 Å². The van der Waals surface area contributed by atoms with Crippen molar-refractivity contribution in [1.82, 2.24) is 15.2 Å². The van der Waals surface area contributed by atoms with Crippen LogP contribution in [0.25, 0.3) is 10.2 Å². The van der Waals surface area contributed by atoms with E-state index in [4.69, 9.17) is 16.3 Å². The van der Waals surface area contributed by atoms with E-state index in [0.29, 0.717) is 33.5 Å². The minimum absolute atomic E-state index is 0.258. The summed E-state index contributed by atoms with van der Waals surface area (Å²) >= 11 is 7.53. The number of hydrogen-bond donors (Lipinski definition) is 3. The second-order valence-corrected chi connectivity index (χ2v) is 8.86. The molecule has 0 saturated carbocycles. The maximum atomic E-state index is 12.7. The number of hydrogen-bond acceptors (Lipinski definition) is 6. The highest BCUT2D eigenvalue weighted by molar-refractivity contribution is 7.22. The number of thiazole rings is 1. The lowest BCUT2D eigenvalue weighted by Gasteiger charge is -2.26. The van der Waals surface area contributed by atoms with E-state index in [9.17, 15) is 9.59 Å². The zero-order valence-electron chi connectivity index (χ0n) is 17.6. The van der Waals surface area contributed by atoms with Crippen molar-refractivity contribution in [3.63, 3.8) is 0 Å². The van der Waals surface area contributed by atoms with Crippen LogP contribution in [0.3, 0.4) is 0 Å². The number of anilines is 2. The molecule has 168 valence electrons. The lowest BCUT2D eigenvalue weighted by Crippen LogP contribution is -2.42. The van der Waals surface area contributed by atoms with Gasteiger partial charge in [0.15, 0.2) is 5.13 Å². The Bertz CT molecular complexity index is 1110. The molecule has 1 aromatic heterocycles. The van der Waals surface area contributed by atoms with Gasteiger partial charge in [0.1, 0.15) is 0 Å². The first kappa shape index (κ1) is 22.5. The van der Waals surface area contributed by atoms with Crippen molar-refractivity contribution < 1.29 is 14.3 Å². The molecule has 3 aromatic rings. The molecule has 32 heavy (non-hydrogen) atoms. The molecule has 8 nitrogen and oxygen atoms in total. The number of nitrogens with one attached hydrogen (secondary N) is 3. The molecule has 10 heteroatoms. The summed E-state index contributed by atoms with van der Waals surface area (Å²) in [6.07, 6.45) is 0. The van der Waals surface area contributed by atoms with Gasteiger partial charge in [-0.1, -0.05) is 35.1 Å². The molecule has 1 fully saturated rings. The van der Waals surface area contributed by atoms with Crippen LogP contribution in [0.1, 0.15) is 15.9 Å². The number of aryl methyl sites for hydroxylation is 1. The van der Waals surface area contributed by atoms with Crippen molar-refractivity contribution >= 4 is 55.9 Å². The number of halogens is 1. The standard InChI is InChI=1S/C22H24ClN5O3S/c1-14-3-2-4-16(23)19(14)26-20(29)15-5-6-17-18(13-15)32-22(25-17)27-21(30)24-7-8-28-9-11-31-12-10-28/h2-6,13H,7-12H2,1H3,(H,26,29)(H2,24,25,27,30). The molecule has 1 saturated heterocycles. The van der Waals surface area contributed by atoms with Gasteiger partial charge in [-0.3, -0.25) is 15.0 Å². The topological polar surface area (TPSA) is 95.6 Å². The number of nitrogens with zero attached hydrogens (tertiary/aromatic N) is 2. The highest BCUT2D eigenvalue weighted by Gasteiger charge is 2.14. The summed E-state index contributed by atoms with van der Waals surface area (Å²) in [7, 11) is 0. The Morgan fingerprint density at radius 3 is 2.78 bits per heavy atom. The van der Waals surface area contributed by atoms with Gasteiger partial charge in [0.05, 0.1) is 34.1 Å². The van der Waals surface area contributed by atoms with Gasteiger partial charge in [-0.15, -0.1) is 0 Å². The minimum Gasteiger partial charge on any atom is -0.379 e. The molecule has 0 atom stereocenters. The second kappa shape index (κ2) is 10.3. The largest absolute Gasteiger partial charge is 0.379 e. The fraction of sp³-hybridized carbons (Fsp3) is 0.318. The van der Waals surface area contributed by atoms with E-state index < -0.39 is 0 Å². The predicted octanol–water partition coefficient (Wildman–Crippen LogP) is 3.96. The van der Waals surface area contributed by atoms with Gasteiger partial charge in [-0.25, -0.2) is 9.78 Å². The molecule has 0 spiro atoms. The van der Waals surface area contributed by atoms with Gasteiger partial charge in [-0.05, 0) is 36.8 Å². The Labute approximate surface area is 194 Å². The van der Waals surface area contributed by atoms with Crippen LogP contribution in [-0.4, -0.2) is 61.2 Å². The van der Waals surface area contributed by atoms with Crippen molar-refractivity contribution in [2.75, 3.05) is 50.0 Å². The first-order valence-corrected chi connectivity index (χ1v) is 11.5. The number of aromatic nitrogens is 1. The van der Waals surface area contributed by atoms with Crippen LogP contribution in [0.5, 0.6) is 0 Å². The molecule has 0 radical (unpaired) electrons. The van der Waals surface area contributed by atoms with Gasteiger partial charge in [-0.2, -0.15) is 0 Å². The van der Waals surface area contributed by atoms with Crippen molar-refractivity contribution in [2.24, 2.45) is 0 Å². The Balaban J connectivity index is 1.36. The van der Waals surface area contributed by atoms with Crippen LogP contribution in [0.15, 0.2) is 36.4 Å². The number of fused-ring (bicyclic) bond motifs is 1. The third-order valence-corrected chi connectivity index (χ3v) is 6.40. The third kappa shape index (κ3) is 5.55. The quantitative estimate of drug-likeness (QED) is 0.503. The highest BCUT2D eigenvalue weighted by atomic mass is 35.5. The van der Waals surface area contributed by atoms with E-state index in [2.05, 4.69) is 25.8 Å². The van der Waals surface area contributed by atoms with Gasteiger partial charge in [0.25, 0.3) is 5.91 Å².